The molecule has 0 unspecified atom stereocenters. The largest absolute Gasteiger partial charge is 0.331 e. The molecule has 2 heterocycles. The summed E-state index contributed by atoms with van der Waals surface area (Å²) >= 11 is 2.87. The fourth-order valence-corrected chi connectivity index (χ4v) is 3.92. The SMILES string of the molecule is Cc1nnc(NC(=O)c2ccc(C)c(Nc3nc(-c4ccccc4)cs3)c2)s1. The third kappa shape index (κ3) is 4.08. The molecule has 2 N–H and O–H groups in total. The van der Waals surface area contributed by atoms with Crippen LogP contribution in [0.5, 0.6) is 0 Å². The molecule has 0 aliphatic heterocycles. The summed E-state index contributed by atoms with van der Waals surface area (Å²) in [5.74, 6) is -0.219. The van der Waals surface area contributed by atoms with Gasteiger partial charge < -0.3 is 5.32 Å². The predicted octanol–water partition coefficient (Wildman–Crippen LogP) is 5.27. The van der Waals surface area contributed by atoms with Crippen molar-refractivity contribution in [3.05, 3.63) is 70.0 Å². The zero-order valence-electron chi connectivity index (χ0n) is 15.3. The Morgan fingerprint density at radius 2 is 1.82 bits per heavy atom. The molecule has 4 rings (SSSR count). The molecule has 0 bridgehead atoms. The number of carbonyl (C=O) groups excluding carboxylic acids is 1. The quantitative estimate of drug-likeness (QED) is 0.471. The van der Waals surface area contributed by atoms with Crippen LogP contribution in [0.2, 0.25) is 0 Å². The summed E-state index contributed by atoms with van der Waals surface area (Å²) in [6.07, 6.45) is 0. The van der Waals surface area contributed by atoms with Crippen molar-refractivity contribution in [3.8, 4) is 11.3 Å². The molecule has 4 aromatic rings. The number of aromatic nitrogens is 3. The molecule has 1 amide bonds. The molecule has 2 aromatic heterocycles. The van der Waals surface area contributed by atoms with Gasteiger partial charge in [-0.3, -0.25) is 10.1 Å². The van der Waals surface area contributed by atoms with E-state index in [-0.39, 0.29) is 5.91 Å². The zero-order valence-corrected chi connectivity index (χ0v) is 16.9. The standard InChI is InChI=1S/C20H17N5OS2/c1-12-8-9-15(18(26)23-20-25-24-13(2)28-20)10-16(12)21-19-22-17(11-27-19)14-6-4-3-5-7-14/h3-11H,1-2H3,(H,21,22)(H,23,25,26). The van der Waals surface area contributed by atoms with Crippen LogP contribution >= 0.6 is 22.7 Å². The highest BCUT2D eigenvalue weighted by atomic mass is 32.1. The zero-order chi connectivity index (χ0) is 19.5. The number of aryl methyl sites for hydroxylation is 2. The Bertz CT molecular complexity index is 1120. The number of benzene rings is 2. The fourth-order valence-electron chi connectivity index (χ4n) is 2.60. The highest BCUT2D eigenvalue weighted by molar-refractivity contribution is 7.15. The van der Waals surface area contributed by atoms with E-state index in [1.165, 1.54) is 22.7 Å². The van der Waals surface area contributed by atoms with Crippen LogP contribution in [-0.4, -0.2) is 21.1 Å². The highest BCUT2D eigenvalue weighted by Gasteiger charge is 2.12. The number of carbonyl (C=O) groups is 1. The lowest BCUT2D eigenvalue weighted by Gasteiger charge is -2.09. The summed E-state index contributed by atoms with van der Waals surface area (Å²) < 4.78 is 0. The summed E-state index contributed by atoms with van der Waals surface area (Å²) in [4.78, 5) is 17.2. The van der Waals surface area contributed by atoms with E-state index in [9.17, 15) is 4.79 Å². The number of amides is 1. The van der Waals surface area contributed by atoms with E-state index in [2.05, 4.69) is 25.8 Å². The summed E-state index contributed by atoms with van der Waals surface area (Å²) in [6.45, 7) is 3.84. The second kappa shape index (κ2) is 7.87. The Labute approximate surface area is 170 Å². The van der Waals surface area contributed by atoms with Crippen molar-refractivity contribution < 1.29 is 4.79 Å². The van der Waals surface area contributed by atoms with Gasteiger partial charge in [-0.25, -0.2) is 4.98 Å². The van der Waals surface area contributed by atoms with E-state index in [0.717, 1.165) is 32.6 Å². The first kappa shape index (κ1) is 18.3. The molecule has 0 fully saturated rings. The van der Waals surface area contributed by atoms with Crippen LogP contribution in [0, 0.1) is 13.8 Å². The van der Waals surface area contributed by atoms with Gasteiger partial charge in [0.15, 0.2) is 5.13 Å². The normalized spacial score (nSPS) is 10.6. The minimum Gasteiger partial charge on any atom is -0.331 e. The topological polar surface area (TPSA) is 79.8 Å². The van der Waals surface area contributed by atoms with E-state index in [0.29, 0.717) is 10.7 Å². The van der Waals surface area contributed by atoms with Gasteiger partial charge in [-0.1, -0.05) is 47.7 Å². The Balaban J connectivity index is 1.53. The summed E-state index contributed by atoms with van der Waals surface area (Å²) in [6, 6.07) is 15.6. The van der Waals surface area contributed by atoms with Gasteiger partial charge in [0.2, 0.25) is 5.13 Å². The first-order chi connectivity index (χ1) is 13.6. The molecule has 0 spiro atoms. The van der Waals surface area contributed by atoms with Gasteiger partial charge in [0, 0.05) is 22.2 Å². The van der Waals surface area contributed by atoms with E-state index >= 15 is 0 Å². The first-order valence-electron chi connectivity index (χ1n) is 8.58. The van der Waals surface area contributed by atoms with Crippen LogP contribution in [-0.2, 0) is 0 Å². The number of nitrogens with one attached hydrogen (secondary N) is 2. The van der Waals surface area contributed by atoms with Crippen LogP contribution in [0.3, 0.4) is 0 Å². The maximum Gasteiger partial charge on any atom is 0.257 e. The number of rotatable bonds is 5. The Kier molecular flexibility index (Phi) is 5.14. The van der Waals surface area contributed by atoms with Crippen LogP contribution in [0.4, 0.5) is 16.0 Å². The third-order valence-electron chi connectivity index (χ3n) is 4.06. The molecular weight excluding hydrogens is 390 g/mol. The van der Waals surface area contributed by atoms with Crippen LogP contribution in [0.1, 0.15) is 20.9 Å². The summed E-state index contributed by atoms with van der Waals surface area (Å²) in [7, 11) is 0. The van der Waals surface area contributed by atoms with Crippen molar-refractivity contribution in [1.82, 2.24) is 15.2 Å². The number of nitrogens with zero attached hydrogens (tertiary/aromatic N) is 3. The lowest BCUT2D eigenvalue weighted by atomic mass is 10.1. The molecule has 0 aliphatic rings. The maximum atomic E-state index is 12.5. The van der Waals surface area contributed by atoms with Gasteiger partial charge in [-0.05, 0) is 31.5 Å². The molecule has 6 nitrogen and oxygen atoms in total. The van der Waals surface area contributed by atoms with Gasteiger partial charge in [-0.15, -0.1) is 21.5 Å². The highest BCUT2D eigenvalue weighted by Crippen LogP contribution is 2.29. The monoisotopic (exact) mass is 407 g/mol. The van der Waals surface area contributed by atoms with Crippen molar-refractivity contribution in [2.24, 2.45) is 0 Å². The van der Waals surface area contributed by atoms with Gasteiger partial charge in [0.05, 0.1) is 5.69 Å². The van der Waals surface area contributed by atoms with Crippen molar-refractivity contribution in [3.63, 3.8) is 0 Å². The van der Waals surface area contributed by atoms with Crippen molar-refractivity contribution >= 4 is 44.5 Å². The first-order valence-corrected chi connectivity index (χ1v) is 10.3. The minimum atomic E-state index is -0.219. The molecule has 140 valence electrons. The smallest absolute Gasteiger partial charge is 0.257 e. The van der Waals surface area contributed by atoms with Gasteiger partial charge in [-0.2, -0.15) is 0 Å². The molecule has 0 aliphatic carbocycles. The number of hydrogen-bond donors (Lipinski definition) is 2. The molecule has 2 aromatic carbocycles. The van der Waals surface area contributed by atoms with E-state index < -0.39 is 0 Å². The van der Waals surface area contributed by atoms with E-state index in [1.807, 2.05) is 61.7 Å². The molecule has 0 atom stereocenters. The molecule has 0 radical (unpaired) electrons. The van der Waals surface area contributed by atoms with Gasteiger partial charge in [0.25, 0.3) is 5.91 Å². The lowest BCUT2D eigenvalue weighted by Crippen LogP contribution is -2.12. The van der Waals surface area contributed by atoms with E-state index in [4.69, 9.17) is 0 Å². The summed E-state index contributed by atoms with van der Waals surface area (Å²) in [5.41, 5.74) is 4.41. The van der Waals surface area contributed by atoms with Crippen LogP contribution in [0.25, 0.3) is 11.3 Å². The Morgan fingerprint density at radius 3 is 2.57 bits per heavy atom. The third-order valence-corrected chi connectivity index (χ3v) is 5.57. The predicted molar refractivity (Wildman–Crippen MR) is 115 cm³/mol. The van der Waals surface area contributed by atoms with Crippen LogP contribution in [0.15, 0.2) is 53.9 Å². The second-order valence-corrected chi connectivity index (χ2v) is 8.18. The Hall–Kier alpha value is -3.10. The van der Waals surface area contributed by atoms with E-state index in [1.54, 1.807) is 6.07 Å². The molecule has 28 heavy (non-hydrogen) atoms. The Morgan fingerprint density at radius 1 is 1.00 bits per heavy atom. The lowest BCUT2D eigenvalue weighted by molar-refractivity contribution is 0.102. The molecule has 8 heteroatoms. The maximum absolute atomic E-state index is 12.5. The molecule has 0 saturated heterocycles. The summed E-state index contributed by atoms with van der Waals surface area (Å²) in [5, 5.41) is 18.0. The van der Waals surface area contributed by atoms with Gasteiger partial charge >= 0.3 is 0 Å². The van der Waals surface area contributed by atoms with Crippen LogP contribution < -0.4 is 10.6 Å². The fraction of sp³-hybridized carbons (Fsp3) is 0.100. The number of anilines is 3. The minimum absolute atomic E-state index is 0.219. The second-order valence-electron chi connectivity index (χ2n) is 6.14. The number of thiazole rings is 1. The molecule has 0 saturated carbocycles. The number of hydrogen-bond acceptors (Lipinski definition) is 7. The van der Waals surface area contributed by atoms with Crippen molar-refractivity contribution in [2.45, 2.75) is 13.8 Å². The average Bonchev–Trinajstić information content (AvgIpc) is 3.33. The molecular formula is C20H17N5OS2. The average molecular weight is 408 g/mol. The van der Waals surface area contributed by atoms with Crippen molar-refractivity contribution in [2.75, 3.05) is 10.6 Å². The van der Waals surface area contributed by atoms with Crippen molar-refractivity contribution in [1.29, 1.82) is 0 Å². The van der Waals surface area contributed by atoms with Gasteiger partial charge in [0.1, 0.15) is 5.01 Å².